The van der Waals surface area contributed by atoms with Gasteiger partial charge in [0.15, 0.2) is 0 Å². The van der Waals surface area contributed by atoms with Crippen molar-refractivity contribution < 1.29 is 8.78 Å². The lowest BCUT2D eigenvalue weighted by atomic mass is 10.0. The van der Waals surface area contributed by atoms with Crippen LogP contribution in [-0.2, 0) is 0 Å². The van der Waals surface area contributed by atoms with Crippen molar-refractivity contribution in [1.29, 1.82) is 0 Å². The van der Waals surface area contributed by atoms with Crippen LogP contribution in [0, 0.1) is 0 Å². The van der Waals surface area contributed by atoms with E-state index in [4.69, 9.17) is 0 Å². The van der Waals surface area contributed by atoms with Crippen molar-refractivity contribution in [3.05, 3.63) is 0 Å². The molecule has 0 saturated heterocycles. The van der Waals surface area contributed by atoms with Gasteiger partial charge in [0.25, 0.3) is 0 Å². The molecule has 90 valence electrons. The summed E-state index contributed by atoms with van der Waals surface area (Å²) >= 11 is 0. The zero-order valence-electron chi connectivity index (χ0n) is 9.69. The molecule has 1 rings (SSSR count). The SMILES string of the molecule is FC(F)CCCCC[SiH2]C1CCCCC1. The summed E-state index contributed by atoms with van der Waals surface area (Å²) in [6.07, 6.45) is 8.31. The highest BCUT2D eigenvalue weighted by molar-refractivity contribution is 6.37. The van der Waals surface area contributed by atoms with Gasteiger partial charge < -0.3 is 0 Å². The molecule has 3 heteroatoms. The van der Waals surface area contributed by atoms with Gasteiger partial charge in [-0.1, -0.05) is 56.5 Å². The van der Waals surface area contributed by atoms with Crippen molar-refractivity contribution in [3.8, 4) is 0 Å². The van der Waals surface area contributed by atoms with E-state index in [9.17, 15) is 8.78 Å². The van der Waals surface area contributed by atoms with Gasteiger partial charge in [-0.2, -0.15) is 0 Å². The molecule has 0 aliphatic heterocycles. The Hall–Kier alpha value is 0.0769. The number of hydrogen-bond acceptors (Lipinski definition) is 0. The molecule has 0 aromatic rings. The van der Waals surface area contributed by atoms with Gasteiger partial charge >= 0.3 is 0 Å². The fraction of sp³-hybridized carbons (Fsp3) is 1.00. The molecular weight excluding hydrogens is 210 g/mol. The fourth-order valence-electron chi connectivity index (χ4n) is 2.56. The lowest BCUT2D eigenvalue weighted by Crippen LogP contribution is -2.07. The van der Waals surface area contributed by atoms with Crippen LogP contribution >= 0.6 is 0 Å². The van der Waals surface area contributed by atoms with Crippen molar-refractivity contribution >= 4 is 9.52 Å². The minimum absolute atomic E-state index is 0.116. The molecule has 0 radical (unpaired) electrons. The minimum Gasteiger partial charge on any atom is -0.211 e. The minimum atomic E-state index is -2.08. The van der Waals surface area contributed by atoms with E-state index in [2.05, 4.69) is 0 Å². The molecule has 0 bridgehead atoms. The van der Waals surface area contributed by atoms with E-state index >= 15 is 0 Å². The summed E-state index contributed by atoms with van der Waals surface area (Å²) in [5, 5.41) is 0. The summed E-state index contributed by atoms with van der Waals surface area (Å²) in [5.41, 5.74) is 1.09. The second-order valence-corrected chi connectivity index (χ2v) is 7.33. The average Bonchev–Trinajstić information content (AvgIpc) is 2.24. The topological polar surface area (TPSA) is 0 Å². The summed E-state index contributed by atoms with van der Waals surface area (Å²) < 4.78 is 23.7. The van der Waals surface area contributed by atoms with Crippen LogP contribution in [0.25, 0.3) is 0 Å². The Labute approximate surface area is 94.7 Å². The highest BCUT2D eigenvalue weighted by Crippen LogP contribution is 2.28. The largest absolute Gasteiger partial charge is 0.238 e. The molecule has 0 N–H and O–H groups in total. The van der Waals surface area contributed by atoms with Crippen molar-refractivity contribution in [2.24, 2.45) is 0 Å². The van der Waals surface area contributed by atoms with Crippen LogP contribution in [0.15, 0.2) is 0 Å². The molecule has 0 nitrogen and oxygen atoms in total. The Morgan fingerprint density at radius 3 is 2.40 bits per heavy atom. The number of hydrogen-bond donors (Lipinski definition) is 0. The van der Waals surface area contributed by atoms with Crippen molar-refractivity contribution in [1.82, 2.24) is 0 Å². The van der Waals surface area contributed by atoms with Crippen molar-refractivity contribution in [2.45, 2.75) is 75.8 Å². The van der Waals surface area contributed by atoms with Crippen LogP contribution in [0.5, 0.6) is 0 Å². The van der Waals surface area contributed by atoms with E-state index in [1.807, 2.05) is 0 Å². The summed E-state index contributed by atoms with van der Waals surface area (Å²) in [5.74, 6) is 0. The Morgan fingerprint density at radius 2 is 1.73 bits per heavy atom. The highest BCUT2D eigenvalue weighted by atomic mass is 28.2. The Balaban J connectivity index is 1.83. The van der Waals surface area contributed by atoms with E-state index in [-0.39, 0.29) is 15.9 Å². The number of rotatable bonds is 7. The number of unbranched alkanes of at least 4 members (excludes halogenated alkanes) is 2. The van der Waals surface area contributed by atoms with Crippen LogP contribution in [0.3, 0.4) is 0 Å². The summed E-state index contributed by atoms with van der Waals surface area (Å²) in [6, 6.07) is 1.40. The molecule has 0 aromatic carbocycles. The third-order valence-electron chi connectivity index (χ3n) is 3.51. The third-order valence-corrected chi connectivity index (χ3v) is 6.05. The molecule has 0 amide bonds. The van der Waals surface area contributed by atoms with Crippen LogP contribution < -0.4 is 0 Å². The molecule has 0 atom stereocenters. The Bertz CT molecular complexity index is 145. The van der Waals surface area contributed by atoms with Crippen molar-refractivity contribution in [3.63, 3.8) is 0 Å². The second-order valence-electron chi connectivity index (χ2n) is 4.89. The van der Waals surface area contributed by atoms with Gasteiger partial charge in [-0.05, 0) is 6.42 Å². The third kappa shape index (κ3) is 7.04. The fourth-order valence-corrected chi connectivity index (χ4v) is 4.94. The van der Waals surface area contributed by atoms with E-state index in [1.54, 1.807) is 0 Å². The van der Waals surface area contributed by atoms with Crippen LogP contribution in [0.1, 0.15) is 57.8 Å². The first-order chi connectivity index (χ1) is 7.29. The van der Waals surface area contributed by atoms with Crippen LogP contribution in [0.2, 0.25) is 11.6 Å². The second kappa shape index (κ2) is 8.25. The van der Waals surface area contributed by atoms with E-state index in [0.29, 0.717) is 0 Å². The smallest absolute Gasteiger partial charge is 0.211 e. The molecular formula is C12H24F2Si. The van der Waals surface area contributed by atoms with Gasteiger partial charge in [-0.25, -0.2) is 8.78 Å². The lowest BCUT2D eigenvalue weighted by Gasteiger charge is -2.20. The molecule has 0 aromatic heterocycles. The van der Waals surface area contributed by atoms with E-state index < -0.39 is 6.43 Å². The van der Waals surface area contributed by atoms with Gasteiger partial charge in [0.05, 0.1) is 0 Å². The van der Waals surface area contributed by atoms with Gasteiger partial charge in [0.1, 0.15) is 0 Å². The maximum atomic E-state index is 11.8. The predicted octanol–water partition coefficient (Wildman–Crippen LogP) is 4.15. The van der Waals surface area contributed by atoms with Gasteiger partial charge in [0.2, 0.25) is 6.43 Å². The maximum Gasteiger partial charge on any atom is 0.238 e. The summed E-state index contributed by atoms with van der Waals surface area (Å²) in [4.78, 5) is 0. The quantitative estimate of drug-likeness (QED) is 0.458. The maximum absolute atomic E-state index is 11.8. The molecule has 15 heavy (non-hydrogen) atoms. The van der Waals surface area contributed by atoms with Crippen LogP contribution in [0.4, 0.5) is 8.78 Å². The molecule has 0 heterocycles. The molecule has 1 saturated carbocycles. The zero-order chi connectivity index (χ0) is 10.9. The van der Waals surface area contributed by atoms with Crippen molar-refractivity contribution in [2.75, 3.05) is 0 Å². The molecule has 1 aliphatic carbocycles. The first-order valence-electron chi connectivity index (χ1n) is 6.57. The summed E-state index contributed by atoms with van der Waals surface area (Å²) in [6.45, 7) is 0. The first-order valence-corrected chi connectivity index (χ1v) is 8.39. The molecule has 1 fully saturated rings. The molecule has 0 unspecified atom stereocenters. The monoisotopic (exact) mass is 234 g/mol. The van der Waals surface area contributed by atoms with E-state index in [1.165, 1.54) is 44.6 Å². The van der Waals surface area contributed by atoms with Crippen LogP contribution in [-0.4, -0.2) is 15.9 Å². The average molecular weight is 234 g/mol. The highest BCUT2D eigenvalue weighted by Gasteiger charge is 2.12. The summed E-state index contributed by atoms with van der Waals surface area (Å²) in [7, 11) is 0.131. The Kier molecular flexibility index (Phi) is 7.23. The van der Waals surface area contributed by atoms with E-state index in [0.717, 1.165) is 18.4 Å². The first kappa shape index (κ1) is 13.1. The number of alkyl halides is 2. The lowest BCUT2D eigenvalue weighted by molar-refractivity contribution is 0.134. The normalized spacial score (nSPS) is 19.4. The molecule has 0 spiro atoms. The molecule has 1 aliphatic rings. The van der Waals surface area contributed by atoms with Gasteiger partial charge in [-0.3, -0.25) is 0 Å². The standard InChI is InChI=1S/C12H24F2Si/c13-12(14)9-5-2-6-10-15-11-7-3-1-4-8-11/h11-12H,1-10,15H2. The zero-order valence-corrected chi connectivity index (χ0v) is 11.1. The predicted molar refractivity (Wildman–Crippen MR) is 64.7 cm³/mol. The van der Waals surface area contributed by atoms with Gasteiger partial charge in [-0.15, -0.1) is 0 Å². The van der Waals surface area contributed by atoms with Gasteiger partial charge in [0, 0.05) is 15.9 Å². The number of halogens is 2. The Morgan fingerprint density at radius 1 is 1.00 bits per heavy atom.